The van der Waals surface area contributed by atoms with Crippen molar-refractivity contribution in [3.05, 3.63) is 35.4 Å². The maximum atomic E-state index is 12.0. The van der Waals surface area contributed by atoms with Crippen molar-refractivity contribution in [1.29, 1.82) is 0 Å². The summed E-state index contributed by atoms with van der Waals surface area (Å²) in [7, 11) is 0. The van der Waals surface area contributed by atoms with Gasteiger partial charge in [0, 0.05) is 23.1 Å². The van der Waals surface area contributed by atoms with Gasteiger partial charge in [0.1, 0.15) is 0 Å². The molecule has 1 aromatic carbocycles. The molecule has 8 heteroatoms. The van der Waals surface area contributed by atoms with Gasteiger partial charge in [0.15, 0.2) is 0 Å². The van der Waals surface area contributed by atoms with Gasteiger partial charge in [-0.1, -0.05) is 12.1 Å². The van der Waals surface area contributed by atoms with Gasteiger partial charge in [-0.3, -0.25) is 25.2 Å². The molecule has 1 saturated heterocycles. The summed E-state index contributed by atoms with van der Waals surface area (Å²) < 4.78 is 0.429. The molecule has 0 bridgehead atoms. The van der Waals surface area contributed by atoms with Crippen molar-refractivity contribution in [3.63, 3.8) is 0 Å². The van der Waals surface area contributed by atoms with E-state index in [0.29, 0.717) is 10.1 Å². The van der Waals surface area contributed by atoms with E-state index in [9.17, 15) is 14.4 Å². The van der Waals surface area contributed by atoms with Crippen LogP contribution in [0.5, 0.6) is 0 Å². The van der Waals surface area contributed by atoms with Crippen molar-refractivity contribution in [3.8, 4) is 0 Å². The molecule has 0 unspecified atom stereocenters. The van der Waals surface area contributed by atoms with Gasteiger partial charge < -0.3 is 5.32 Å². The molecule has 0 radical (unpaired) electrons. The third-order valence-electron chi connectivity index (χ3n) is 3.48. The molecule has 3 amide bonds. The molecule has 3 N–H and O–H groups in total. The molecule has 6 nitrogen and oxygen atoms in total. The van der Waals surface area contributed by atoms with Crippen molar-refractivity contribution in [2.24, 2.45) is 0 Å². The summed E-state index contributed by atoms with van der Waals surface area (Å²) in [6.45, 7) is 0. The van der Waals surface area contributed by atoms with Crippen LogP contribution in [-0.2, 0) is 9.59 Å². The molecule has 1 aliphatic carbocycles. The molecule has 3 rings (SSSR count). The van der Waals surface area contributed by atoms with Crippen molar-refractivity contribution >= 4 is 41.2 Å². The molecule has 1 heterocycles. The molecule has 23 heavy (non-hydrogen) atoms. The fourth-order valence-corrected chi connectivity index (χ4v) is 4.92. The lowest BCUT2D eigenvalue weighted by molar-refractivity contribution is -0.139. The normalized spacial score (nSPS) is 17.6. The van der Waals surface area contributed by atoms with Crippen LogP contribution in [-0.4, -0.2) is 35.3 Å². The molecule has 1 aliphatic heterocycles. The Morgan fingerprint density at radius 1 is 0.913 bits per heavy atom. The second-order valence-electron chi connectivity index (χ2n) is 5.35. The van der Waals surface area contributed by atoms with Gasteiger partial charge in [-0.2, -0.15) is 0 Å². The fraction of sp³-hybridized carbons (Fsp3) is 0.400. The Hall–Kier alpha value is -1.67. The first kappa shape index (κ1) is 16.2. The smallest absolute Gasteiger partial charge is 0.327 e. The molecular weight excluding hydrogens is 334 g/mol. The Kier molecular flexibility index (Phi) is 5.12. The summed E-state index contributed by atoms with van der Waals surface area (Å²) in [5.41, 5.74) is 5.99. The first-order chi connectivity index (χ1) is 11.1. The number of hydrazine groups is 1. The Bertz CT molecular complexity index is 611. The van der Waals surface area contributed by atoms with Crippen LogP contribution in [0.25, 0.3) is 0 Å². The Morgan fingerprint density at radius 2 is 1.57 bits per heavy atom. The highest BCUT2D eigenvalue weighted by atomic mass is 32.2. The Labute approximate surface area is 142 Å². The maximum absolute atomic E-state index is 12.0. The van der Waals surface area contributed by atoms with Crippen molar-refractivity contribution in [1.82, 2.24) is 16.2 Å². The first-order valence-corrected chi connectivity index (χ1v) is 9.47. The monoisotopic (exact) mass is 351 g/mol. The summed E-state index contributed by atoms with van der Waals surface area (Å²) in [6, 6.07) is 7.39. The molecule has 2 fully saturated rings. The van der Waals surface area contributed by atoms with Gasteiger partial charge in [-0.25, -0.2) is 0 Å². The molecule has 2 aliphatic rings. The molecule has 1 saturated carbocycles. The topological polar surface area (TPSA) is 87.3 Å². The summed E-state index contributed by atoms with van der Waals surface area (Å²) in [5, 5.41) is 2.55. The zero-order chi connectivity index (χ0) is 16.2. The average Bonchev–Trinajstić information content (AvgIpc) is 3.21. The van der Waals surface area contributed by atoms with Crippen LogP contribution in [0.4, 0.5) is 0 Å². The van der Waals surface area contributed by atoms with Gasteiger partial charge in [0.2, 0.25) is 0 Å². The minimum atomic E-state index is -0.861. The van der Waals surface area contributed by atoms with E-state index >= 15 is 0 Å². The number of hydrogen-bond acceptors (Lipinski definition) is 5. The van der Waals surface area contributed by atoms with Crippen LogP contribution in [0.1, 0.15) is 33.3 Å². The molecule has 0 aromatic heterocycles. The van der Waals surface area contributed by atoms with E-state index in [1.807, 2.05) is 35.7 Å². The third-order valence-corrected chi connectivity index (χ3v) is 6.58. The van der Waals surface area contributed by atoms with Crippen molar-refractivity contribution in [2.45, 2.75) is 23.5 Å². The first-order valence-electron chi connectivity index (χ1n) is 7.38. The van der Waals surface area contributed by atoms with Gasteiger partial charge in [-0.05, 0) is 30.5 Å². The van der Waals surface area contributed by atoms with Crippen LogP contribution >= 0.6 is 23.5 Å². The van der Waals surface area contributed by atoms with Gasteiger partial charge in [0.05, 0.1) is 4.58 Å². The van der Waals surface area contributed by atoms with Crippen molar-refractivity contribution < 1.29 is 14.4 Å². The SMILES string of the molecule is O=C(NNC(=O)c1ccc(C2SCCS2)cc1)C(=O)NC1CC1. The number of hydrogen-bond donors (Lipinski definition) is 3. The van der Waals surface area contributed by atoms with Crippen LogP contribution < -0.4 is 16.2 Å². The zero-order valence-electron chi connectivity index (χ0n) is 12.3. The Balaban J connectivity index is 1.49. The molecule has 0 spiro atoms. The lowest BCUT2D eigenvalue weighted by Gasteiger charge is -2.10. The quantitative estimate of drug-likeness (QED) is 0.563. The number of nitrogens with one attached hydrogen (secondary N) is 3. The number of rotatable bonds is 3. The molecule has 122 valence electrons. The van der Waals surface area contributed by atoms with Gasteiger partial charge in [-0.15, -0.1) is 23.5 Å². The summed E-state index contributed by atoms with van der Waals surface area (Å²) in [4.78, 5) is 35.0. The third kappa shape index (κ3) is 4.42. The lowest BCUT2D eigenvalue weighted by atomic mass is 10.1. The van der Waals surface area contributed by atoms with E-state index < -0.39 is 17.7 Å². The van der Waals surface area contributed by atoms with E-state index in [4.69, 9.17) is 0 Å². The van der Waals surface area contributed by atoms with E-state index in [1.165, 1.54) is 5.56 Å². The second-order valence-corrected chi connectivity index (χ2v) is 8.08. The highest BCUT2D eigenvalue weighted by molar-refractivity contribution is 8.19. The molecule has 1 aromatic rings. The summed E-state index contributed by atoms with van der Waals surface area (Å²) in [6.07, 6.45) is 1.80. The van der Waals surface area contributed by atoms with Crippen LogP contribution in [0.3, 0.4) is 0 Å². The number of benzene rings is 1. The second kappa shape index (κ2) is 7.27. The van der Waals surface area contributed by atoms with E-state index in [1.54, 1.807) is 12.1 Å². The standard InChI is InChI=1S/C15H17N3O3S2/c19-12(17-18-14(21)13(20)16-11-5-6-11)9-1-3-10(4-2-9)15-22-7-8-23-15/h1-4,11,15H,5-8H2,(H,16,20)(H,17,19)(H,18,21). The lowest BCUT2D eigenvalue weighted by Crippen LogP contribution is -2.48. The van der Waals surface area contributed by atoms with E-state index in [0.717, 1.165) is 24.3 Å². The van der Waals surface area contributed by atoms with Gasteiger partial charge >= 0.3 is 11.8 Å². The molecule has 0 atom stereocenters. The molecular formula is C15H17N3O3S2. The highest BCUT2D eigenvalue weighted by Crippen LogP contribution is 2.45. The zero-order valence-corrected chi connectivity index (χ0v) is 14.0. The number of carbonyl (C=O) groups excluding carboxylic acids is 3. The van der Waals surface area contributed by atoms with E-state index in [-0.39, 0.29) is 6.04 Å². The van der Waals surface area contributed by atoms with Crippen LogP contribution in [0.2, 0.25) is 0 Å². The van der Waals surface area contributed by atoms with Crippen LogP contribution in [0.15, 0.2) is 24.3 Å². The van der Waals surface area contributed by atoms with Crippen molar-refractivity contribution in [2.75, 3.05) is 11.5 Å². The Morgan fingerprint density at radius 3 is 2.17 bits per heavy atom. The number of amides is 3. The predicted octanol–water partition coefficient (Wildman–Crippen LogP) is 1.20. The minimum absolute atomic E-state index is 0.0998. The predicted molar refractivity (Wildman–Crippen MR) is 90.9 cm³/mol. The minimum Gasteiger partial charge on any atom is -0.345 e. The largest absolute Gasteiger partial charge is 0.345 e. The van der Waals surface area contributed by atoms with Crippen LogP contribution in [0, 0.1) is 0 Å². The summed E-state index contributed by atoms with van der Waals surface area (Å²) >= 11 is 3.80. The average molecular weight is 351 g/mol. The van der Waals surface area contributed by atoms with E-state index in [2.05, 4.69) is 16.2 Å². The maximum Gasteiger partial charge on any atom is 0.327 e. The number of carbonyl (C=O) groups is 3. The number of thioether (sulfide) groups is 2. The summed E-state index contributed by atoms with van der Waals surface area (Å²) in [5.74, 6) is 0.258. The highest BCUT2D eigenvalue weighted by Gasteiger charge is 2.26. The van der Waals surface area contributed by atoms with Gasteiger partial charge in [0.25, 0.3) is 5.91 Å². The fourth-order valence-electron chi connectivity index (χ4n) is 2.06.